The molecule has 1 fully saturated rings. The second-order valence-electron chi connectivity index (χ2n) is 4.39. The van der Waals surface area contributed by atoms with Gasteiger partial charge in [0.1, 0.15) is 0 Å². The molecule has 1 saturated carbocycles. The molecule has 3 unspecified atom stereocenters. The van der Waals surface area contributed by atoms with Gasteiger partial charge in [0.15, 0.2) is 0 Å². The van der Waals surface area contributed by atoms with Crippen molar-refractivity contribution in [1.29, 1.82) is 0 Å². The Morgan fingerprint density at radius 2 is 2.31 bits per heavy atom. The number of ether oxygens (including phenoxy) is 1. The standard InChI is InChI=1S/C11H22O2/c1-4-10(12)11(13-3)7-5-6-9(2)8-11/h9-10,12H,4-8H2,1-3H3. The van der Waals surface area contributed by atoms with E-state index in [2.05, 4.69) is 6.92 Å². The largest absolute Gasteiger partial charge is 0.390 e. The van der Waals surface area contributed by atoms with Crippen LogP contribution >= 0.6 is 0 Å². The van der Waals surface area contributed by atoms with Crippen LogP contribution in [0.15, 0.2) is 0 Å². The lowest BCUT2D eigenvalue weighted by atomic mass is 9.75. The first-order valence-electron chi connectivity index (χ1n) is 5.38. The van der Waals surface area contributed by atoms with Crippen molar-refractivity contribution in [2.45, 2.75) is 57.7 Å². The van der Waals surface area contributed by atoms with Crippen LogP contribution in [0, 0.1) is 5.92 Å². The molecule has 1 N–H and O–H groups in total. The van der Waals surface area contributed by atoms with E-state index in [1.165, 1.54) is 12.8 Å². The summed E-state index contributed by atoms with van der Waals surface area (Å²) in [6.07, 6.45) is 5.00. The molecular formula is C11H22O2. The zero-order valence-electron chi connectivity index (χ0n) is 9.05. The Morgan fingerprint density at radius 3 is 2.77 bits per heavy atom. The van der Waals surface area contributed by atoms with Crippen LogP contribution in [0.25, 0.3) is 0 Å². The summed E-state index contributed by atoms with van der Waals surface area (Å²) >= 11 is 0. The Hall–Kier alpha value is -0.0800. The van der Waals surface area contributed by atoms with Crippen LogP contribution in [0.1, 0.15) is 46.0 Å². The molecule has 0 aliphatic heterocycles. The third-order valence-electron chi connectivity index (χ3n) is 3.39. The maximum absolute atomic E-state index is 9.93. The molecule has 0 bridgehead atoms. The zero-order valence-corrected chi connectivity index (χ0v) is 9.05. The molecule has 2 nitrogen and oxygen atoms in total. The minimum atomic E-state index is -0.291. The summed E-state index contributed by atoms with van der Waals surface area (Å²) in [6, 6.07) is 0. The highest BCUT2D eigenvalue weighted by Gasteiger charge is 2.40. The number of rotatable bonds is 3. The van der Waals surface area contributed by atoms with Crippen molar-refractivity contribution in [3.63, 3.8) is 0 Å². The van der Waals surface area contributed by atoms with Gasteiger partial charge >= 0.3 is 0 Å². The highest BCUT2D eigenvalue weighted by atomic mass is 16.5. The fraction of sp³-hybridized carbons (Fsp3) is 1.00. The summed E-state index contributed by atoms with van der Waals surface area (Å²) in [6.45, 7) is 4.26. The second-order valence-corrected chi connectivity index (χ2v) is 4.39. The molecule has 0 spiro atoms. The van der Waals surface area contributed by atoms with Gasteiger partial charge in [0.2, 0.25) is 0 Å². The first-order valence-corrected chi connectivity index (χ1v) is 5.38. The van der Waals surface area contributed by atoms with Gasteiger partial charge in [-0.05, 0) is 25.2 Å². The van der Waals surface area contributed by atoms with Gasteiger partial charge in [-0.2, -0.15) is 0 Å². The minimum absolute atomic E-state index is 0.244. The molecule has 0 aromatic carbocycles. The second kappa shape index (κ2) is 4.43. The predicted octanol–water partition coefficient (Wildman–Crippen LogP) is 2.35. The van der Waals surface area contributed by atoms with E-state index in [0.717, 1.165) is 19.3 Å². The van der Waals surface area contributed by atoms with Crippen molar-refractivity contribution in [3.8, 4) is 0 Å². The van der Waals surface area contributed by atoms with Crippen LogP contribution in [0.2, 0.25) is 0 Å². The first-order chi connectivity index (χ1) is 6.14. The Morgan fingerprint density at radius 1 is 1.62 bits per heavy atom. The lowest BCUT2D eigenvalue weighted by Crippen LogP contribution is -2.47. The quantitative estimate of drug-likeness (QED) is 0.733. The van der Waals surface area contributed by atoms with E-state index in [1.807, 2.05) is 6.92 Å². The van der Waals surface area contributed by atoms with E-state index in [0.29, 0.717) is 5.92 Å². The average molecular weight is 186 g/mol. The van der Waals surface area contributed by atoms with E-state index in [1.54, 1.807) is 7.11 Å². The summed E-state index contributed by atoms with van der Waals surface area (Å²) < 4.78 is 5.55. The molecule has 1 rings (SSSR count). The topological polar surface area (TPSA) is 29.5 Å². The number of aliphatic hydroxyl groups excluding tert-OH is 1. The molecule has 1 aliphatic rings. The fourth-order valence-corrected chi connectivity index (χ4v) is 2.54. The highest BCUT2D eigenvalue weighted by molar-refractivity contribution is 4.92. The lowest BCUT2D eigenvalue weighted by Gasteiger charge is -2.42. The van der Waals surface area contributed by atoms with E-state index >= 15 is 0 Å². The van der Waals surface area contributed by atoms with Crippen LogP contribution in [-0.2, 0) is 4.74 Å². The maximum Gasteiger partial charge on any atom is 0.0938 e. The first kappa shape index (κ1) is 11.0. The third kappa shape index (κ3) is 2.23. The lowest BCUT2D eigenvalue weighted by molar-refractivity contribution is -0.132. The van der Waals surface area contributed by atoms with Crippen molar-refractivity contribution < 1.29 is 9.84 Å². The van der Waals surface area contributed by atoms with Crippen LogP contribution in [-0.4, -0.2) is 23.9 Å². The molecule has 2 heteroatoms. The summed E-state index contributed by atoms with van der Waals surface area (Å²) in [5.74, 6) is 0.690. The monoisotopic (exact) mass is 186 g/mol. The van der Waals surface area contributed by atoms with E-state index in [9.17, 15) is 5.11 Å². The molecule has 0 heterocycles. The van der Waals surface area contributed by atoms with Crippen molar-refractivity contribution in [2.24, 2.45) is 5.92 Å². The highest BCUT2D eigenvalue weighted by Crippen LogP contribution is 2.37. The Kier molecular flexibility index (Phi) is 3.74. The van der Waals surface area contributed by atoms with Crippen molar-refractivity contribution in [3.05, 3.63) is 0 Å². The average Bonchev–Trinajstić information content (AvgIpc) is 2.16. The zero-order chi connectivity index (χ0) is 9.90. The van der Waals surface area contributed by atoms with Crippen LogP contribution < -0.4 is 0 Å². The third-order valence-corrected chi connectivity index (χ3v) is 3.39. The molecule has 78 valence electrons. The normalized spacial score (nSPS) is 37.4. The smallest absolute Gasteiger partial charge is 0.0938 e. The number of aliphatic hydroxyl groups is 1. The van der Waals surface area contributed by atoms with Gasteiger partial charge in [-0.1, -0.05) is 26.7 Å². The summed E-state index contributed by atoms with van der Waals surface area (Å²) in [7, 11) is 1.73. The fourth-order valence-electron chi connectivity index (χ4n) is 2.54. The maximum atomic E-state index is 9.93. The molecule has 13 heavy (non-hydrogen) atoms. The van der Waals surface area contributed by atoms with Crippen LogP contribution in [0.5, 0.6) is 0 Å². The van der Waals surface area contributed by atoms with E-state index < -0.39 is 0 Å². The van der Waals surface area contributed by atoms with Crippen molar-refractivity contribution in [1.82, 2.24) is 0 Å². The molecular weight excluding hydrogens is 164 g/mol. The number of methoxy groups -OCH3 is 1. The molecule has 0 aromatic heterocycles. The molecule has 0 radical (unpaired) electrons. The van der Waals surface area contributed by atoms with Gasteiger partial charge in [0.05, 0.1) is 11.7 Å². The van der Waals surface area contributed by atoms with Gasteiger partial charge in [0, 0.05) is 7.11 Å². The van der Waals surface area contributed by atoms with Gasteiger partial charge in [0.25, 0.3) is 0 Å². The van der Waals surface area contributed by atoms with E-state index in [4.69, 9.17) is 4.74 Å². The van der Waals surface area contributed by atoms with Gasteiger partial charge < -0.3 is 9.84 Å². The van der Waals surface area contributed by atoms with Gasteiger partial charge in [-0.3, -0.25) is 0 Å². The predicted molar refractivity (Wildman–Crippen MR) is 53.7 cm³/mol. The summed E-state index contributed by atoms with van der Waals surface area (Å²) in [4.78, 5) is 0. The molecule has 1 aliphatic carbocycles. The van der Waals surface area contributed by atoms with Crippen molar-refractivity contribution in [2.75, 3.05) is 7.11 Å². The van der Waals surface area contributed by atoms with Gasteiger partial charge in [-0.15, -0.1) is 0 Å². The van der Waals surface area contributed by atoms with Crippen molar-refractivity contribution >= 4 is 0 Å². The minimum Gasteiger partial charge on any atom is -0.390 e. The molecule has 0 amide bonds. The summed E-state index contributed by atoms with van der Waals surface area (Å²) in [5.41, 5.74) is -0.244. The molecule has 0 saturated heterocycles. The molecule has 3 atom stereocenters. The Labute approximate surface area is 81.3 Å². The Balaban J connectivity index is 2.67. The SMILES string of the molecule is CCC(O)C1(OC)CCCC(C)C1. The van der Waals surface area contributed by atoms with Crippen LogP contribution in [0.3, 0.4) is 0 Å². The van der Waals surface area contributed by atoms with Crippen LogP contribution in [0.4, 0.5) is 0 Å². The number of hydrogen-bond acceptors (Lipinski definition) is 2. The van der Waals surface area contributed by atoms with Gasteiger partial charge in [-0.25, -0.2) is 0 Å². The number of hydrogen-bond donors (Lipinski definition) is 1. The van der Waals surface area contributed by atoms with E-state index in [-0.39, 0.29) is 11.7 Å². The molecule has 0 aromatic rings. The Bertz CT molecular complexity index is 158. The summed E-state index contributed by atoms with van der Waals surface area (Å²) in [5, 5.41) is 9.93.